The van der Waals surface area contributed by atoms with Gasteiger partial charge in [-0.2, -0.15) is 0 Å². The van der Waals surface area contributed by atoms with Crippen LogP contribution in [0, 0.1) is 5.92 Å². The van der Waals surface area contributed by atoms with Crippen molar-refractivity contribution in [1.82, 2.24) is 0 Å². The second-order valence-corrected chi connectivity index (χ2v) is 3.79. The molecule has 0 aromatic heterocycles. The molecule has 1 rings (SSSR count). The zero-order chi connectivity index (χ0) is 8.81. The molecule has 1 N–H and O–H groups in total. The Kier molecular flexibility index (Phi) is 9.41. The molecular formula is C10H19O2Rb. The monoisotopic (exact) mass is 256 g/mol. The minimum atomic E-state index is -0.647. The van der Waals surface area contributed by atoms with Gasteiger partial charge in [-0.05, 0) is 18.8 Å². The van der Waals surface area contributed by atoms with E-state index in [1.165, 1.54) is 32.1 Å². The molecule has 72 valence electrons. The molecule has 0 atom stereocenters. The molecule has 0 unspecified atom stereocenters. The fourth-order valence-electron chi connectivity index (χ4n) is 2.02. The molecule has 0 aromatic rings. The van der Waals surface area contributed by atoms with Gasteiger partial charge in [0.2, 0.25) is 0 Å². The summed E-state index contributed by atoms with van der Waals surface area (Å²) in [6.45, 7) is 0. The third-order valence-corrected chi connectivity index (χ3v) is 2.73. The van der Waals surface area contributed by atoms with Crippen LogP contribution in [0.25, 0.3) is 0 Å². The summed E-state index contributed by atoms with van der Waals surface area (Å²) in [6.07, 6.45) is 9.13. The standard InChI is InChI=1S/C10H18O2.Rb.H/c11-10(12)8-4-7-9-5-2-1-3-6-9;;/h9H,1-8H2,(H,11,12);;/q;+1;-1. The molecule has 0 saturated heterocycles. The van der Waals surface area contributed by atoms with Gasteiger partial charge in [-0.1, -0.05) is 32.1 Å². The van der Waals surface area contributed by atoms with E-state index in [2.05, 4.69) is 0 Å². The van der Waals surface area contributed by atoms with E-state index in [1.807, 2.05) is 0 Å². The van der Waals surface area contributed by atoms with Gasteiger partial charge in [0.15, 0.2) is 0 Å². The number of hydrogen-bond donors (Lipinski definition) is 1. The van der Waals surface area contributed by atoms with Crippen LogP contribution in [0.2, 0.25) is 0 Å². The first kappa shape index (κ1) is 14.3. The molecule has 1 aliphatic rings. The van der Waals surface area contributed by atoms with E-state index < -0.39 is 5.97 Å². The fraction of sp³-hybridized carbons (Fsp3) is 0.900. The minimum absolute atomic E-state index is 0. The summed E-state index contributed by atoms with van der Waals surface area (Å²) in [5.41, 5.74) is 0. The molecule has 0 heterocycles. The van der Waals surface area contributed by atoms with Crippen molar-refractivity contribution in [3.05, 3.63) is 0 Å². The molecule has 3 heteroatoms. The molecule has 0 spiro atoms. The van der Waals surface area contributed by atoms with Crippen LogP contribution in [0.4, 0.5) is 0 Å². The van der Waals surface area contributed by atoms with E-state index in [-0.39, 0.29) is 59.6 Å². The van der Waals surface area contributed by atoms with E-state index in [0.717, 1.165) is 18.8 Å². The first-order valence-electron chi connectivity index (χ1n) is 5.01. The molecule has 2 nitrogen and oxygen atoms in total. The van der Waals surface area contributed by atoms with Crippen LogP contribution in [0.5, 0.6) is 0 Å². The average Bonchev–Trinajstić information content (AvgIpc) is 2.05. The summed E-state index contributed by atoms with van der Waals surface area (Å²) in [6, 6.07) is 0. The van der Waals surface area contributed by atoms with Crippen molar-refractivity contribution in [1.29, 1.82) is 0 Å². The van der Waals surface area contributed by atoms with Gasteiger partial charge in [-0.15, -0.1) is 0 Å². The van der Waals surface area contributed by atoms with Crippen LogP contribution in [0.3, 0.4) is 0 Å². The predicted molar refractivity (Wildman–Crippen MR) is 49.2 cm³/mol. The van der Waals surface area contributed by atoms with Crippen molar-refractivity contribution >= 4 is 5.97 Å². The molecule has 0 amide bonds. The Morgan fingerprint density at radius 1 is 1.31 bits per heavy atom. The summed E-state index contributed by atoms with van der Waals surface area (Å²) in [4.78, 5) is 10.2. The van der Waals surface area contributed by atoms with Gasteiger partial charge in [0.25, 0.3) is 0 Å². The maximum absolute atomic E-state index is 10.2. The molecule has 0 aliphatic heterocycles. The largest absolute Gasteiger partial charge is 1.00 e. The van der Waals surface area contributed by atoms with Crippen molar-refractivity contribution < 1.29 is 69.5 Å². The van der Waals surface area contributed by atoms with Gasteiger partial charge in [0, 0.05) is 6.42 Å². The Labute approximate surface area is 131 Å². The average molecular weight is 257 g/mol. The van der Waals surface area contributed by atoms with Gasteiger partial charge in [-0.3, -0.25) is 4.79 Å². The summed E-state index contributed by atoms with van der Waals surface area (Å²) >= 11 is 0. The third kappa shape index (κ3) is 7.23. The molecule has 0 radical (unpaired) electrons. The predicted octanol–water partition coefficient (Wildman–Crippen LogP) is -0.0619. The fourth-order valence-corrected chi connectivity index (χ4v) is 2.02. The first-order chi connectivity index (χ1) is 5.79. The van der Waals surface area contributed by atoms with Gasteiger partial charge >= 0.3 is 64.2 Å². The number of rotatable bonds is 4. The second kappa shape index (κ2) is 8.57. The van der Waals surface area contributed by atoms with Crippen LogP contribution >= 0.6 is 0 Å². The van der Waals surface area contributed by atoms with E-state index in [4.69, 9.17) is 5.11 Å². The van der Waals surface area contributed by atoms with Gasteiger partial charge in [-0.25, -0.2) is 0 Å². The molecule has 1 aliphatic carbocycles. The minimum Gasteiger partial charge on any atom is -1.00 e. The second-order valence-electron chi connectivity index (χ2n) is 3.79. The van der Waals surface area contributed by atoms with E-state index >= 15 is 0 Å². The SMILES string of the molecule is O=C(O)CCCC1CCCCC1.[H-].[Rb+]. The number of carboxylic acids is 1. The van der Waals surface area contributed by atoms with E-state index in [0.29, 0.717) is 6.42 Å². The van der Waals surface area contributed by atoms with Crippen molar-refractivity contribution in [2.24, 2.45) is 5.92 Å². The zero-order valence-electron chi connectivity index (χ0n) is 9.59. The maximum atomic E-state index is 10.2. The Balaban J connectivity index is 0. The molecular weight excluding hydrogens is 238 g/mol. The summed E-state index contributed by atoms with van der Waals surface area (Å²) in [7, 11) is 0. The number of hydrogen-bond acceptors (Lipinski definition) is 1. The number of carboxylic acid groups (broad SMARTS) is 1. The number of aliphatic carboxylic acids is 1. The summed E-state index contributed by atoms with van der Waals surface area (Å²) in [5.74, 6) is 0.184. The zero-order valence-corrected chi connectivity index (χ0v) is 13.5. The molecule has 13 heavy (non-hydrogen) atoms. The normalized spacial score (nSPS) is 17.8. The Hall–Kier alpha value is 1.28. The molecule has 0 aromatic carbocycles. The smallest absolute Gasteiger partial charge is 1.00 e. The Morgan fingerprint density at radius 2 is 1.92 bits per heavy atom. The van der Waals surface area contributed by atoms with Crippen LogP contribution in [-0.4, -0.2) is 11.1 Å². The summed E-state index contributed by atoms with van der Waals surface area (Å²) < 4.78 is 0. The molecule has 1 fully saturated rings. The quantitative estimate of drug-likeness (QED) is 0.765. The van der Waals surface area contributed by atoms with Crippen molar-refractivity contribution in [2.45, 2.75) is 51.4 Å². The Bertz CT molecular complexity index is 147. The molecule has 0 bridgehead atoms. The van der Waals surface area contributed by atoms with Crippen LogP contribution in [0.1, 0.15) is 52.8 Å². The third-order valence-electron chi connectivity index (χ3n) is 2.73. The van der Waals surface area contributed by atoms with Crippen molar-refractivity contribution in [3.8, 4) is 0 Å². The van der Waals surface area contributed by atoms with E-state index in [1.54, 1.807) is 0 Å². The molecule has 1 saturated carbocycles. The Morgan fingerprint density at radius 3 is 2.46 bits per heavy atom. The first-order valence-corrected chi connectivity index (χ1v) is 5.01. The van der Waals surface area contributed by atoms with E-state index in [9.17, 15) is 4.79 Å². The van der Waals surface area contributed by atoms with Crippen molar-refractivity contribution in [3.63, 3.8) is 0 Å². The van der Waals surface area contributed by atoms with Crippen LogP contribution in [-0.2, 0) is 4.79 Å². The van der Waals surface area contributed by atoms with Gasteiger partial charge in [0.05, 0.1) is 0 Å². The topological polar surface area (TPSA) is 37.3 Å². The summed E-state index contributed by atoms with van der Waals surface area (Å²) in [5, 5.41) is 8.44. The van der Waals surface area contributed by atoms with Crippen molar-refractivity contribution in [2.75, 3.05) is 0 Å². The van der Waals surface area contributed by atoms with Gasteiger partial charge < -0.3 is 6.53 Å². The number of carbonyl (C=O) groups is 1. The maximum Gasteiger partial charge on any atom is 1.00 e. The van der Waals surface area contributed by atoms with Gasteiger partial charge in [0.1, 0.15) is 0 Å². The van der Waals surface area contributed by atoms with Crippen LogP contribution in [0.15, 0.2) is 0 Å². The van der Waals surface area contributed by atoms with Crippen LogP contribution < -0.4 is 58.2 Å².